The van der Waals surface area contributed by atoms with E-state index < -0.39 is 65.3 Å². The van der Waals surface area contributed by atoms with E-state index in [9.17, 15) is 35.9 Å². The first-order valence-corrected chi connectivity index (χ1v) is 16.4. The SMILES string of the molecule is CCOC(=O)N1c2ccc(OC)nc2[C@@H](c2ncc(NC(=O)OC(C)c3ccccc3)c(Cc3cc(C(F)(F)F)cc(C(F)(F)F)c3)n2)C[C@@]1(N)CC. The van der Waals surface area contributed by atoms with Crippen LogP contribution < -0.4 is 20.7 Å². The molecule has 2 aromatic carbocycles. The number of carbonyl (C=O) groups excluding carboxylic acids is 2. The highest BCUT2D eigenvalue weighted by Crippen LogP contribution is 2.46. The molecule has 1 aliphatic heterocycles. The molecular weight excluding hydrogens is 710 g/mol. The Kier molecular flexibility index (Phi) is 11.2. The van der Waals surface area contributed by atoms with Gasteiger partial charge in [0.15, 0.2) is 0 Å². The molecule has 0 bridgehead atoms. The zero-order chi connectivity index (χ0) is 38.7. The van der Waals surface area contributed by atoms with Crippen LogP contribution in [0.4, 0.5) is 47.3 Å². The van der Waals surface area contributed by atoms with Crippen LogP contribution in [0, 0.1) is 0 Å². The van der Waals surface area contributed by atoms with Crippen molar-refractivity contribution in [2.45, 2.75) is 70.1 Å². The van der Waals surface area contributed by atoms with Gasteiger partial charge in [0.05, 0.1) is 59.7 Å². The average molecular weight is 747 g/mol. The third-order valence-corrected chi connectivity index (χ3v) is 8.73. The minimum atomic E-state index is -5.10. The number of alkyl halides is 6. The average Bonchev–Trinajstić information content (AvgIpc) is 3.11. The first kappa shape index (κ1) is 38.8. The van der Waals surface area contributed by atoms with E-state index in [1.807, 2.05) is 0 Å². The van der Waals surface area contributed by atoms with E-state index >= 15 is 0 Å². The molecule has 3 heterocycles. The first-order valence-electron chi connectivity index (χ1n) is 16.4. The van der Waals surface area contributed by atoms with Gasteiger partial charge in [-0.15, -0.1) is 0 Å². The summed E-state index contributed by atoms with van der Waals surface area (Å²) in [5.74, 6) is -0.703. The van der Waals surface area contributed by atoms with Crippen LogP contribution in [0.15, 0.2) is 66.9 Å². The molecule has 0 aliphatic carbocycles. The summed E-state index contributed by atoms with van der Waals surface area (Å²) < 4.78 is 99.0. The smallest absolute Gasteiger partial charge is 0.416 e. The van der Waals surface area contributed by atoms with Crippen molar-refractivity contribution in [1.29, 1.82) is 0 Å². The lowest BCUT2D eigenvalue weighted by molar-refractivity contribution is -0.143. The fourth-order valence-electron chi connectivity index (χ4n) is 6.02. The number of methoxy groups -OCH3 is 1. The minimum absolute atomic E-state index is 0.00776. The summed E-state index contributed by atoms with van der Waals surface area (Å²) in [7, 11) is 1.38. The van der Waals surface area contributed by atoms with Gasteiger partial charge in [-0.3, -0.25) is 10.2 Å². The summed E-state index contributed by atoms with van der Waals surface area (Å²) in [5.41, 5.74) is 2.91. The number of pyridine rings is 1. The van der Waals surface area contributed by atoms with Crippen LogP contribution in [0.3, 0.4) is 0 Å². The summed E-state index contributed by atoms with van der Waals surface area (Å²) >= 11 is 0. The van der Waals surface area contributed by atoms with Crippen molar-refractivity contribution in [2.75, 3.05) is 23.9 Å². The lowest BCUT2D eigenvalue weighted by atomic mass is 9.83. The zero-order valence-electron chi connectivity index (χ0n) is 29.0. The van der Waals surface area contributed by atoms with Gasteiger partial charge in [0.2, 0.25) is 5.88 Å². The maximum absolute atomic E-state index is 13.8. The Morgan fingerprint density at radius 1 is 1.00 bits per heavy atom. The number of amides is 2. The number of nitrogens with two attached hydrogens (primary N) is 1. The van der Waals surface area contributed by atoms with Gasteiger partial charge in [0.1, 0.15) is 17.6 Å². The van der Waals surface area contributed by atoms with Crippen LogP contribution in [0.1, 0.15) is 85.1 Å². The van der Waals surface area contributed by atoms with Crippen LogP contribution >= 0.6 is 0 Å². The Hall–Kier alpha value is -5.45. The van der Waals surface area contributed by atoms with E-state index in [2.05, 4.69) is 20.3 Å². The van der Waals surface area contributed by atoms with Gasteiger partial charge in [-0.1, -0.05) is 37.3 Å². The number of benzene rings is 2. The van der Waals surface area contributed by atoms with Gasteiger partial charge in [0.25, 0.3) is 0 Å². The molecule has 53 heavy (non-hydrogen) atoms. The van der Waals surface area contributed by atoms with Gasteiger partial charge in [-0.25, -0.2) is 24.5 Å². The highest BCUT2D eigenvalue weighted by molar-refractivity contribution is 5.91. The molecule has 0 radical (unpaired) electrons. The number of hydrogen-bond acceptors (Lipinski definition) is 9. The third kappa shape index (κ3) is 8.62. The number of halogens is 6. The molecule has 1 aliphatic rings. The number of aromatic nitrogens is 3. The van der Waals surface area contributed by atoms with Crippen molar-refractivity contribution in [3.8, 4) is 5.88 Å². The molecule has 2 amide bonds. The quantitative estimate of drug-likeness (QED) is 0.162. The summed E-state index contributed by atoms with van der Waals surface area (Å²) in [6.45, 7) is 5.05. The summed E-state index contributed by atoms with van der Waals surface area (Å²) in [6.07, 6.45) is -11.9. The second-order valence-electron chi connectivity index (χ2n) is 12.3. The molecule has 11 nitrogen and oxygen atoms in total. The van der Waals surface area contributed by atoms with Crippen molar-refractivity contribution in [3.63, 3.8) is 0 Å². The second kappa shape index (κ2) is 15.3. The lowest BCUT2D eigenvalue weighted by Crippen LogP contribution is -2.61. The minimum Gasteiger partial charge on any atom is -0.481 e. The van der Waals surface area contributed by atoms with Crippen LogP contribution in [-0.2, 0) is 28.2 Å². The molecule has 0 saturated carbocycles. The molecule has 0 spiro atoms. The van der Waals surface area contributed by atoms with Gasteiger partial charge < -0.3 is 19.9 Å². The van der Waals surface area contributed by atoms with E-state index in [4.69, 9.17) is 19.9 Å². The number of fused-ring (bicyclic) bond motifs is 1. The number of nitrogens with zero attached hydrogens (tertiary/aromatic N) is 4. The topological polar surface area (TPSA) is 142 Å². The maximum atomic E-state index is 13.8. The number of rotatable bonds is 9. The van der Waals surface area contributed by atoms with E-state index in [0.29, 0.717) is 17.7 Å². The number of carbonyl (C=O) groups is 2. The third-order valence-electron chi connectivity index (χ3n) is 8.73. The standard InChI is InChI=1S/C36H36F6N6O5/c1-5-34(43)18-25(30-28(12-13-29(47-30)51-4)48(34)33(50)52-6-2)31-44-19-27(46-32(49)53-20(3)22-10-8-7-9-11-22)26(45-31)16-21-14-23(35(37,38)39)17-24(15-21)36(40,41)42/h7-15,17,19-20,25H,5-6,16,18,43H2,1-4H3,(H,46,49)/t20?,25-,34+/m0/s1. The van der Waals surface area contributed by atoms with Crippen molar-refractivity contribution in [1.82, 2.24) is 15.0 Å². The van der Waals surface area contributed by atoms with Crippen molar-refractivity contribution >= 4 is 23.6 Å². The van der Waals surface area contributed by atoms with Gasteiger partial charge in [0, 0.05) is 12.5 Å². The van der Waals surface area contributed by atoms with Crippen LogP contribution in [0.2, 0.25) is 0 Å². The molecule has 2 aromatic heterocycles. The fourth-order valence-corrected chi connectivity index (χ4v) is 6.02. The van der Waals surface area contributed by atoms with E-state index in [1.165, 1.54) is 24.3 Å². The molecular formula is C36H36F6N6O5. The highest BCUT2D eigenvalue weighted by Gasteiger charge is 2.47. The van der Waals surface area contributed by atoms with E-state index in [1.54, 1.807) is 57.2 Å². The Balaban J connectivity index is 1.63. The predicted molar refractivity (Wildman–Crippen MR) is 180 cm³/mol. The van der Waals surface area contributed by atoms with E-state index in [-0.39, 0.29) is 60.0 Å². The van der Waals surface area contributed by atoms with Crippen LogP contribution in [0.25, 0.3) is 0 Å². The number of hydrogen-bond donors (Lipinski definition) is 2. The van der Waals surface area contributed by atoms with Crippen LogP contribution in [0.5, 0.6) is 5.88 Å². The largest absolute Gasteiger partial charge is 0.481 e. The van der Waals surface area contributed by atoms with Crippen molar-refractivity contribution < 1.29 is 50.1 Å². The normalized spacial score (nSPS) is 17.8. The zero-order valence-corrected chi connectivity index (χ0v) is 29.0. The Morgan fingerprint density at radius 2 is 1.66 bits per heavy atom. The molecule has 0 fully saturated rings. The maximum Gasteiger partial charge on any atom is 0.416 e. The van der Waals surface area contributed by atoms with E-state index in [0.717, 1.165) is 0 Å². The van der Waals surface area contributed by atoms with Crippen molar-refractivity contribution in [3.05, 3.63) is 106 Å². The predicted octanol–water partition coefficient (Wildman–Crippen LogP) is 8.38. The Morgan fingerprint density at radius 3 is 2.25 bits per heavy atom. The second-order valence-corrected chi connectivity index (χ2v) is 12.3. The summed E-state index contributed by atoms with van der Waals surface area (Å²) in [6, 6.07) is 13.0. The Bertz CT molecular complexity index is 1930. The fraction of sp³-hybridized carbons (Fsp3) is 0.361. The molecule has 4 aromatic rings. The number of nitrogens with one attached hydrogen (secondary N) is 1. The molecule has 3 N–H and O–H groups in total. The molecule has 0 saturated heterocycles. The van der Waals surface area contributed by atoms with Gasteiger partial charge in [-0.05, 0) is 62.1 Å². The highest BCUT2D eigenvalue weighted by atomic mass is 19.4. The first-order chi connectivity index (χ1) is 25.0. The lowest BCUT2D eigenvalue weighted by Gasteiger charge is -2.46. The summed E-state index contributed by atoms with van der Waals surface area (Å²) in [4.78, 5) is 41.2. The number of ether oxygens (including phenoxy) is 3. The monoisotopic (exact) mass is 746 g/mol. The molecule has 1 unspecified atom stereocenters. The van der Waals surface area contributed by atoms with Crippen LogP contribution in [-0.4, -0.2) is 46.5 Å². The molecule has 3 atom stereocenters. The summed E-state index contributed by atoms with van der Waals surface area (Å²) in [5, 5.41) is 2.49. The van der Waals surface area contributed by atoms with Crippen molar-refractivity contribution in [2.24, 2.45) is 5.73 Å². The molecule has 17 heteroatoms. The van der Waals surface area contributed by atoms with Gasteiger partial charge >= 0.3 is 24.5 Å². The van der Waals surface area contributed by atoms with Gasteiger partial charge in [-0.2, -0.15) is 26.3 Å². The Labute approximate surface area is 300 Å². The molecule has 5 rings (SSSR count). The number of anilines is 2. The molecule has 282 valence electrons.